The number of carbonyl (C=O) groups is 1. The number of nitrogens with zero attached hydrogens (tertiary/aromatic N) is 2. The minimum atomic E-state index is 0.154. The highest BCUT2D eigenvalue weighted by Gasteiger charge is 2.24. The van der Waals surface area contributed by atoms with E-state index in [0.717, 1.165) is 37.9 Å². The number of rotatable bonds is 4. The van der Waals surface area contributed by atoms with E-state index in [1.165, 1.54) is 5.56 Å². The Morgan fingerprint density at radius 3 is 2.35 bits per heavy atom. The summed E-state index contributed by atoms with van der Waals surface area (Å²) in [5.41, 5.74) is 7.51. The maximum atomic E-state index is 12.4. The first-order valence-corrected chi connectivity index (χ1v) is 7.36. The van der Waals surface area contributed by atoms with Crippen molar-refractivity contribution < 1.29 is 4.79 Å². The van der Waals surface area contributed by atoms with Gasteiger partial charge in [0, 0.05) is 24.7 Å². The molecule has 4 nitrogen and oxygen atoms in total. The van der Waals surface area contributed by atoms with Crippen molar-refractivity contribution in [1.82, 2.24) is 9.80 Å². The van der Waals surface area contributed by atoms with Crippen LogP contribution in [0, 0.1) is 0 Å². The van der Waals surface area contributed by atoms with Crippen molar-refractivity contribution in [3.63, 3.8) is 0 Å². The third-order valence-electron chi connectivity index (χ3n) is 4.12. The highest BCUT2D eigenvalue weighted by Crippen LogP contribution is 2.17. The first-order valence-electron chi connectivity index (χ1n) is 7.36. The summed E-state index contributed by atoms with van der Waals surface area (Å²) >= 11 is 0. The van der Waals surface area contributed by atoms with Gasteiger partial charge < -0.3 is 15.5 Å². The molecule has 0 saturated carbocycles. The summed E-state index contributed by atoms with van der Waals surface area (Å²) in [6.07, 6.45) is 2.98. The molecule has 2 rings (SSSR count). The smallest absolute Gasteiger partial charge is 0.253 e. The molecule has 20 heavy (non-hydrogen) atoms. The molecule has 4 heteroatoms. The minimum Gasteiger partial charge on any atom is -0.339 e. The van der Waals surface area contributed by atoms with Gasteiger partial charge in [0.1, 0.15) is 0 Å². The number of hydrogen-bond acceptors (Lipinski definition) is 3. The van der Waals surface area contributed by atoms with Crippen LogP contribution in [0.5, 0.6) is 0 Å². The summed E-state index contributed by atoms with van der Waals surface area (Å²) in [5, 5.41) is 0. The Hall–Kier alpha value is -1.39. The quantitative estimate of drug-likeness (QED) is 0.902. The second-order valence-electron chi connectivity index (χ2n) is 5.72. The van der Waals surface area contributed by atoms with E-state index >= 15 is 0 Å². The number of carbonyl (C=O) groups excluding carboxylic acids is 1. The van der Waals surface area contributed by atoms with Crippen LogP contribution < -0.4 is 5.73 Å². The predicted molar refractivity (Wildman–Crippen MR) is 81.8 cm³/mol. The Morgan fingerprint density at radius 1 is 1.25 bits per heavy atom. The Balaban J connectivity index is 1.94. The molecule has 1 aliphatic heterocycles. The second-order valence-corrected chi connectivity index (χ2v) is 5.72. The molecule has 1 aromatic rings. The van der Waals surface area contributed by atoms with Gasteiger partial charge in [-0.15, -0.1) is 0 Å². The van der Waals surface area contributed by atoms with Crippen LogP contribution in [0.3, 0.4) is 0 Å². The summed E-state index contributed by atoms with van der Waals surface area (Å²) in [6, 6.07) is 8.46. The highest BCUT2D eigenvalue weighted by atomic mass is 16.2. The van der Waals surface area contributed by atoms with Gasteiger partial charge in [-0.2, -0.15) is 0 Å². The van der Waals surface area contributed by atoms with Crippen molar-refractivity contribution in [3.05, 3.63) is 35.4 Å². The first-order chi connectivity index (χ1) is 9.61. The molecule has 0 unspecified atom stereocenters. The molecule has 1 fully saturated rings. The van der Waals surface area contributed by atoms with Crippen LogP contribution in [0.4, 0.5) is 0 Å². The average Bonchev–Trinajstić information content (AvgIpc) is 2.48. The lowest BCUT2D eigenvalue weighted by Crippen LogP contribution is -2.44. The summed E-state index contributed by atoms with van der Waals surface area (Å²) in [4.78, 5) is 16.7. The van der Waals surface area contributed by atoms with Gasteiger partial charge in [0.05, 0.1) is 0 Å². The summed E-state index contributed by atoms with van der Waals surface area (Å²) in [7, 11) is 4.22. The van der Waals surface area contributed by atoms with Gasteiger partial charge in [-0.1, -0.05) is 12.1 Å². The van der Waals surface area contributed by atoms with Crippen LogP contribution in [-0.4, -0.2) is 55.5 Å². The Kier molecular flexibility index (Phi) is 5.15. The number of likely N-dealkylation sites (tertiary alicyclic amines) is 1. The fourth-order valence-corrected chi connectivity index (χ4v) is 2.75. The molecule has 110 valence electrons. The maximum absolute atomic E-state index is 12.4. The van der Waals surface area contributed by atoms with Crippen LogP contribution in [0.25, 0.3) is 0 Å². The molecule has 1 heterocycles. The van der Waals surface area contributed by atoms with E-state index in [1.807, 2.05) is 29.2 Å². The van der Waals surface area contributed by atoms with Gasteiger partial charge in [-0.05, 0) is 57.6 Å². The first kappa shape index (κ1) is 15.0. The fraction of sp³-hybridized carbons (Fsp3) is 0.562. The average molecular weight is 275 g/mol. The third kappa shape index (κ3) is 3.58. The number of piperidine rings is 1. The van der Waals surface area contributed by atoms with Crippen molar-refractivity contribution in [2.24, 2.45) is 5.73 Å². The van der Waals surface area contributed by atoms with Crippen LogP contribution in [0.15, 0.2) is 24.3 Å². The van der Waals surface area contributed by atoms with E-state index in [9.17, 15) is 4.79 Å². The van der Waals surface area contributed by atoms with E-state index < -0.39 is 0 Å². The van der Waals surface area contributed by atoms with E-state index in [1.54, 1.807) is 0 Å². The summed E-state index contributed by atoms with van der Waals surface area (Å²) in [5.74, 6) is 0.154. The molecule has 1 aliphatic rings. The SMILES string of the molecule is CN(C)C1CCN(C(=O)c2ccc(CCN)cc2)CC1. The second kappa shape index (κ2) is 6.86. The van der Waals surface area contributed by atoms with Crippen molar-refractivity contribution in [3.8, 4) is 0 Å². The minimum absolute atomic E-state index is 0.154. The molecular weight excluding hydrogens is 250 g/mol. The normalized spacial score (nSPS) is 16.7. The Bertz CT molecular complexity index is 434. The molecular formula is C16H25N3O. The monoisotopic (exact) mass is 275 g/mol. The molecule has 0 aromatic heterocycles. The molecule has 1 amide bonds. The van der Waals surface area contributed by atoms with E-state index in [0.29, 0.717) is 12.6 Å². The van der Waals surface area contributed by atoms with Crippen LogP contribution in [0.2, 0.25) is 0 Å². The molecule has 0 spiro atoms. The number of amides is 1. The topological polar surface area (TPSA) is 49.6 Å². The molecule has 0 aliphatic carbocycles. The molecule has 2 N–H and O–H groups in total. The molecule has 1 aromatic carbocycles. The zero-order valence-electron chi connectivity index (χ0n) is 12.5. The number of nitrogens with two attached hydrogens (primary N) is 1. The van der Waals surface area contributed by atoms with Crippen molar-refractivity contribution >= 4 is 5.91 Å². The molecule has 0 bridgehead atoms. The number of benzene rings is 1. The van der Waals surface area contributed by atoms with Crippen molar-refractivity contribution in [2.45, 2.75) is 25.3 Å². The largest absolute Gasteiger partial charge is 0.339 e. The van der Waals surface area contributed by atoms with Crippen molar-refractivity contribution in [2.75, 3.05) is 33.7 Å². The van der Waals surface area contributed by atoms with Gasteiger partial charge in [0.2, 0.25) is 0 Å². The summed E-state index contributed by atoms with van der Waals surface area (Å²) < 4.78 is 0. The number of hydrogen-bond donors (Lipinski definition) is 1. The van der Waals surface area contributed by atoms with E-state index in [4.69, 9.17) is 5.73 Å². The molecule has 0 atom stereocenters. The van der Waals surface area contributed by atoms with Crippen LogP contribution in [0.1, 0.15) is 28.8 Å². The lowest BCUT2D eigenvalue weighted by Gasteiger charge is -2.35. The van der Waals surface area contributed by atoms with E-state index in [-0.39, 0.29) is 5.91 Å². The predicted octanol–water partition coefficient (Wildman–Crippen LogP) is 1.35. The zero-order chi connectivity index (χ0) is 14.5. The van der Waals surface area contributed by atoms with Crippen LogP contribution >= 0.6 is 0 Å². The fourth-order valence-electron chi connectivity index (χ4n) is 2.75. The van der Waals surface area contributed by atoms with Crippen LogP contribution in [-0.2, 0) is 6.42 Å². The summed E-state index contributed by atoms with van der Waals surface area (Å²) in [6.45, 7) is 2.35. The van der Waals surface area contributed by atoms with Gasteiger partial charge in [-0.25, -0.2) is 0 Å². The Labute approximate surface area is 121 Å². The third-order valence-corrected chi connectivity index (χ3v) is 4.12. The highest BCUT2D eigenvalue weighted by molar-refractivity contribution is 5.94. The zero-order valence-corrected chi connectivity index (χ0v) is 12.5. The maximum Gasteiger partial charge on any atom is 0.253 e. The molecule has 1 saturated heterocycles. The van der Waals surface area contributed by atoms with Gasteiger partial charge >= 0.3 is 0 Å². The lowest BCUT2D eigenvalue weighted by atomic mass is 10.0. The van der Waals surface area contributed by atoms with Gasteiger partial charge in [-0.3, -0.25) is 4.79 Å². The van der Waals surface area contributed by atoms with E-state index in [2.05, 4.69) is 19.0 Å². The van der Waals surface area contributed by atoms with Gasteiger partial charge in [0.15, 0.2) is 0 Å². The standard InChI is InChI=1S/C16H25N3O/c1-18(2)15-8-11-19(12-9-15)16(20)14-5-3-13(4-6-14)7-10-17/h3-6,15H,7-12,17H2,1-2H3. The molecule has 0 radical (unpaired) electrons. The van der Waals surface area contributed by atoms with Crippen molar-refractivity contribution in [1.29, 1.82) is 0 Å². The Morgan fingerprint density at radius 2 is 1.85 bits per heavy atom. The van der Waals surface area contributed by atoms with Gasteiger partial charge in [0.25, 0.3) is 5.91 Å². The lowest BCUT2D eigenvalue weighted by molar-refractivity contribution is 0.0663.